The van der Waals surface area contributed by atoms with E-state index in [0.29, 0.717) is 12.5 Å². The minimum absolute atomic E-state index is 0.0397. The van der Waals surface area contributed by atoms with Crippen LogP contribution in [0.3, 0.4) is 0 Å². The first-order valence-corrected chi connectivity index (χ1v) is 7.75. The lowest BCUT2D eigenvalue weighted by molar-refractivity contribution is -0.142. The van der Waals surface area contributed by atoms with Crippen molar-refractivity contribution in [3.05, 3.63) is 29.8 Å². The van der Waals surface area contributed by atoms with E-state index >= 15 is 0 Å². The number of hydrogen-bond acceptors (Lipinski definition) is 3. The van der Waals surface area contributed by atoms with Gasteiger partial charge in [0.05, 0.1) is 0 Å². The summed E-state index contributed by atoms with van der Waals surface area (Å²) in [6, 6.07) is 7.91. The maximum absolute atomic E-state index is 12.6. The number of nitrogens with zero attached hydrogens (tertiary/aromatic N) is 1. The maximum Gasteiger partial charge on any atom is 0.263 e. The van der Waals surface area contributed by atoms with Crippen molar-refractivity contribution in [3.63, 3.8) is 0 Å². The fraction of sp³-hybridized carbons (Fsp3) is 0.588. The first-order chi connectivity index (χ1) is 10.0. The largest absolute Gasteiger partial charge is 0.481 e. The van der Waals surface area contributed by atoms with E-state index in [2.05, 4.69) is 6.92 Å². The van der Waals surface area contributed by atoms with Gasteiger partial charge in [-0.2, -0.15) is 0 Å². The Kier molecular flexibility index (Phi) is 5.23. The van der Waals surface area contributed by atoms with E-state index in [9.17, 15) is 4.79 Å². The molecular weight excluding hydrogens is 264 g/mol. The zero-order valence-corrected chi connectivity index (χ0v) is 13.2. The van der Waals surface area contributed by atoms with Crippen molar-refractivity contribution >= 4 is 5.91 Å². The highest BCUT2D eigenvalue weighted by Crippen LogP contribution is 2.23. The summed E-state index contributed by atoms with van der Waals surface area (Å²) in [5, 5.41) is 0. The van der Waals surface area contributed by atoms with E-state index in [0.717, 1.165) is 25.1 Å². The molecule has 0 spiro atoms. The lowest BCUT2D eigenvalue weighted by Crippen LogP contribution is -2.52. The van der Waals surface area contributed by atoms with Gasteiger partial charge in [0.15, 0.2) is 6.10 Å². The van der Waals surface area contributed by atoms with Crippen molar-refractivity contribution in [2.45, 2.75) is 45.8 Å². The van der Waals surface area contributed by atoms with Gasteiger partial charge in [0.2, 0.25) is 0 Å². The van der Waals surface area contributed by atoms with E-state index in [1.807, 2.05) is 43.0 Å². The zero-order chi connectivity index (χ0) is 15.4. The lowest BCUT2D eigenvalue weighted by Gasteiger charge is -2.39. The van der Waals surface area contributed by atoms with Gasteiger partial charge < -0.3 is 15.4 Å². The Morgan fingerprint density at radius 1 is 1.43 bits per heavy atom. The molecule has 0 aromatic heterocycles. The Balaban J connectivity index is 1.99. The Hall–Kier alpha value is -1.55. The molecule has 1 saturated heterocycles. The molecule has 1 fully saturated rings. The predicted octanol–water partition coefficient (Wildman–Crippen LogP) is 2.35. The maximum atomic E-state index is 12.6. The van der Waals surface area contributed by atoms with Gasteiger partial charge in [-0.1, -0.05) is 24.6 Å². The van der Waals surface area contributed by atoms with Crippen molar-refractivity contribution in [1.82, 2.24) is 4.90 Å². The minimum Gasteiger partial charge on any atom is -0.481 e. The molecule has 3 atom stereocenters. The number of likely N-dealkylation sites (tertiary alicyclic amines) is 1. The van der Waals surface area contributed by atoms with E-state index in [-0.39, 0.29) is 11.9 Å². The van der Waals surface area contributed by atoms with Crippen molar-refractivity contribution in [1.29, 1.82) is 0 Å². The van der Waals surface area contributed by atoms with E-state index in [1.165, 1.54) is 5.56 Å². The third-order valence-electron chi connectivity index (χ3n) is 4.21. The van der Waals surface area contributed by atoms with Crippen LogP contribution in [0, 0.1) is 12.8 Å². The number of rotatable bonds is 4. The minimum atomic E-state index is -0.477. The second-order valence-corrected chi connectivity index (χ2v) is 6.12. The average Bonchev–Trinajstić information content (AvgIpc) is 2.48. The van der Waals surface area contributed by atoms with Crippen LogP contribution in [0.15, 0.2) is 24.3 Å². The molecule has 0 radical (unpaired) electrons. The van der Waals surface area contributed by atoms with Gasteiger partial charge >= 0.3 is 0 Å². The standard InChI is InChI=1S/C17H26N2O2/c1-12-4-6-16(7-5-12)21-14(3)17(20)19-9-8-13(2)10-15(19)11-18/h4-7,13-15H,8-11,18H2,1-3H3. The van der Waals surface area contributed by atoms with Crippen molar-refractivity contribution in [2.24, 2.45) is 11.7 Å². The number of aryl methyl sites for hydroxylation is 1. The Morgan fingerprint density at radius 2 is 2.10 bits per heavy atom. The number of benzene rings is 1. The smallest absolute Gasteiger partial charge is 0.263 e. The van der Waals surface area contributed by atoms with E-state index in [4.69, 9.17) is 10.5 Å². The van der Waals surface area contributed by atoms with Crippen LogP contribution in [0.1, 0.15) is 32.3 Å². The van der Waals surface area contributed by atoms with Gasteiger partial charge in [0, 0.05) is 19.1 Å². The summed E-state index contributed by atoms with van der Waals surface area (Å²) in [6.45, 7) is 7.36. The first kappa shape index (κ1) is 15.8. The summed E-state index contributed by atoms with van der Waals surface area (Å²) in [6.07, 6.45) is 1.55. The number of hydrogen-bond donors (Lipinski definition) is 1. The normalized spacial score (nSPS) is 23.7. The van der Waals surface area contributed by atoms with Crippen LogP contribution >= 0.6 is 0 Å². The molecular formula is C17H26N2O2. The van der Waals surface area contributed by atoms with E-state index in [1.54, 1.807) is 0 Å². The van der Waals surface area contributed by atoms with Crippen LogP contribution in [0.4, 0.5) is 0 Å². The highest BCUT2D eigenvalue weighted by molar-refractivity contribution is 5.81. The molecule has 116 valence electrons. The average molecular weight is 290 g/mol. The summed E-state index contributed by atoms with van der Waals surface area (Å²) < 4.78 is 5.77. The van der Waals surface area contributed by atoms with Crippen LogP contribution < -0.4 is 10.5 Å². The number of nitrogens with two attached hydrogens (primary N) is 1. The predicted molar refractivity (Wildman–Crippen MR) is 84.2 cm³/mol. The van der Waals surface area contributed by atoms with Crippen LogP contribution in [0.2, 0.25) is 0 Å². The van der Waals surface area contributed by atoms with Gasteiger partial charge in [0.1, 0.15) is 5.75 Å². The third kappa shape index (κ3) is 3.97. The second kappa shape index (κ2) is 6.94. The molecule has 2 N–H and O–H groups in total. The summed E-state index contributed by atoms with van der Waals surface area (Å²) in [7, 11) is 0. The second-order valence-electron chi connectivity index (χ2n) is 6.12. The summed E-state index contributed by atoms with van der Waals surface area (Å²) in [4.78, 5) is 14.5. The number of carbonyl (C=O) groups excluding carboxylic acids is 1. The van der Waals surface area contributed by atoms with Gasteiger partial charge in [-0.25, -0.2) is 0 Å². The summed E-state index contributed by atoms with van der Waals surface area (Å²) in [5.41, 5.74) is 7.00. The van der Waals surface area contributed by atoms with Crippen LogP contribution in [0.25, 0.3) is 0 Å². The highest BCUT2D eigenvalue weighted by Gasteiger charge is 2.32. The van der Waals surface area contributed by atoms with Crippen LogP contribution in [-0.4, -0.2) is 36.0 Å². The highest BCUT2D eigenvalue weighted by atomic mass is 16.5. The first-order valence-electron chi connectivity index (χ1n) is 7.75. The fourth-order valence-corrected chi connectivity index (χ4v) is 2.87. The quantitative estimate of drug-likeness (QED) is 0.926. The molecule has 3 unspecified atom stereocenters. The third-order valence-corrected chi connectivity index (χ3v) is 4.21. The molecule has 4 heteroatoms. The molecule has 0 aliphatic carbocycles. The number of piperidine rings is 1. The number of amides is 1. The van der Waals surface area contributed by atoms with Gasteiger partial charge in [-0.3, -0.25) is 4.79 Å². The molecule has 1 aromatic rings. The molecule has 1 aliphatic heterocycles. The molecule has 1 aliphatic rings. The lowest BCUT2D eigenvalue weighted by atomic mass is 9.92. The molecule has 21 heavy (non-hydrogen) atoms. The van der Waals surface area contributed by atoms with Crippen molar-refractivity contribution in [2.75, 3.05) is 13.1 Å². The molecule has 1 heterocycles. The molecule has 0 bridgehead atoms. The summed E-state index contributed by atoms with van der Waals surface area (Å²) in [5.74, 6) is 1.41. The Labute approximate surface area is 127 Å². The van der Waals surface area contributed by atoms with Crippen molar-refractivity contribution < 1.29 is 9.53 Å². The van der Waals surface area contributed by atoms with Gasteiger partial charge in [-0.15, -0.1) is 0 Å². The fourth-order valence-electron chi connectivity index (χ4n) is 2.87. The monoisotopic (exact) mass is 290 g/mol. The zero-order valence-electron chi connectivity index (χ0n) is 13.2. The molecule has 1 amide bonds. The number of ether oxygens (including phenoxy) is 1. The molecule has 4 nitrogen and oxygen atoms in total. The Morgan fingerprint density at radius 3 is 2.71 bits per heavy atom. The van der Waals surface area contributed by atoms with E-state index < -0.39 is 6.10 Å². The summed E-state index contributed by atoms with van der Waals surface area (Å²) >= 11 is 0. The van der Waals surface area contributed by atoms with Crippen LogP contribution in [0.5, 0.6) is 5.75 Å². The van der Waals surface area contributed by atoms with Gasteiger partial charge in [-0.05, 0) is 44.7 Å². The van der Waals surface area contributed by atoms with Crippen LogP contribution in [-0.2, 0) is 4.79 Å². The molecule has 0 saturated carbocycles. The Bertz CT molecular complexity index is 472. The van der Waals surface area contributed by atoms with Gasteiger partial charge in [0.25, 0.3) is 5.91 Å². The molecule has 2 rings (SSSR count). The topological polar surface area (TPSA) is 55.6 Å². The van der Waals surface area contributed by atoms with Crippen molar-refractivity contribution in [3.8, 4) is 5.75 Å². The SMILES string of the molecule is Cc1ccc(OC(C)C(=O)N2CCC(C)CC2CN)cc1. The molecule has 1 aromatic carbocycles. The number of carbonyl (C=O) groups is 1.